The van der Waals surface area contributed by atoms with Gasteiger partial charge in [0.25, 0.3) is 0 Å². The van der Waals surface area contributed by atoms with Crippen molar-refractivity contribution in [1.82, 2.24) is 9.88 Å². The summed E-state index contributed by atoms with van der Waals surface area (Å²) in [6.45, 7) is 2.55. The molecule has 0 aliphatic carbocycles. The van der Waals surface area contributed by atoms with Crippen LogP contribution in [0.5, 0.6) is 5.75 Å². The SMILES string of the molecule is O=c1ccc(-c2c(OCC(O)CN3C[C@H]4CC[C@@H](C3)O4)ccc3ccccc23)c[nH]1. The summed E-state index contributed by atoms with van der Waals surface area (Å²) < 4.78 is 12.0. The third kappa shape index (κ3) is 3.99. The third-order valence-corrected chi connectivity index (χ3v) is 5.98. The van der Waals surface area contributed by atoms with E-state index in [1.165, 1.54) is 6.07 Å². The highest BCUT2D eigenvalue weighted by Crippen LogP contribution is 2.36. The number of nitrogens with zero attached hydrogens (tertiary/aromatic N) is 1. The summed E-state index contributed by atoms with van der Waals surface area (Å²) in [6.07, 6.45) is 3.98. The predicted molar refractivity (Wildman–Crippen MR) is 116 cm³/mol. The molecule has 3 atom stereocenters. The van der Waals surface area contributed by atoms with Crippen molar-refractivity contribution < 1.29 is 14.6 Å². The van der Waals surface area contributed by atoms with Crippen molar-refractivity contribution in [3.05, 3.63) is 65.1 Å². The Morgan fingerprint density at radius 2 is 1.90 bits per heavy atom. The van der Waals surface area contributed by atoms with E-state index in [0.717, 1.165) is 47.8 Å². The molecule has 1 unspecified atom stereocenters. The molecule has 0 radical (unpaired) electrons. The Bertz CT molecular complexity index is 1060. The second-order valence-corrected chi connectivity index (χ2v) is 8.24. The van der Waals surface area contributed by atoms with E-state index in [4.69, 9.17) is 9.47 Å². The number of ether oxygens (including phenoxy) is 2. The lowest BCUT2D eigenvalue weighted by Crippen LogP contribution is -2.46. The molecule has 1 aromatic heterocycles. The van der Waals surface area contributed by atoms with Crippen LogP contribution in [0.15, 0.2) is 59.5 Å². The molecule has 0 spiro atoms. The Kier molecular flexibility index (Phi) is 5.29. The van der Waals surface area contributed by atoms with Crippen molar-refractivity contribution in [1.29, 1.82) is 0 Å². The largest absolute Gasteiger partial charge is 0.490 e. The normalized spacial score (nSPS) is 22.3. The van der Waals surface area contributed by atoms with Crippen LogP contribution in [0.3, 0.4) is 0 Å². The number of aliphatic hydroxyl groups excluding tert-OH is 1. The van der Waals surface area contributed by atoms with E-state index >= 15 is 0 Å². The summed E-state index contributed by atoms with van der Waals surface area (Å²) in [5.41, 5.74) is 1.65. The number of morpholine rings is 1. The lowest BCUT2D eigenvalue weighted by atomic mass is 9.98. The molecule has 3 aromatic rings. The molecule has 2 fully saturated rings. The maximum Gasteiger partial charge on any atom is 0.247 e. The van der Waals surface area contributed by atoms with Gasteiger partial charge in [-0.25, -0.2) is 0 Å². The number of rotatable bonds is 6. The van der Waals surface area contributed by atoms with E-state index < -0.39 is 6.10 Å². The standard InChI is InChI=1S/C24H26N2O4/c27-18(12-26-13-19-7-8-20(14-26)30-19)15-29-22-9-5-16-3-1-2-4-21(16)24(22)17-6-10-23(28)25-11-17/h1-6,9-11,18-20,27H,7-8,12-15H2,(H,25,28)/t18?,19-,20+. The smallest absolute Gasteiger partial charge is 0.247 e. The van der Waals surface area contributed by atoms with Gasteiger partial charge in [0, 0.05) is 43.0 Å². The van der Waals surface area contributed by atoms with E-state index in [0.29, 0.717) is 24.5 Å². The number of aromatic amines is 1. The minimum absolute atomic E-state index is 0.142. The van der Waals surface area contributed by atoms with Gasteiger partial charge in [0.05, 0.1) is 12.2 Å². The predicted octanol–water partition coefficient (Wildman–Crippen LogP) is 2.80. The van der Waals surface area contributed by atoms with Crippen LogP contribution < -0.4 is 10.3 Å². The molecule has 2 aliphatic heterocycles. The number of nitrogens with one attached hydrogen (secondary N) is 1. The van der Waals surface area contributed by atoms with E-state index in [2.05, 4.69) is 16.0 Å². The molecule has 30 heavy (non-hydrogen) atoms. The van der Waals surface area contributed by atoms with E-state index in [1.54, 1.807) is 12.3 Å². The van der Waals surface area contributed by atoms with Gasteiger partial charge in [-0.2, -0.15) is 0 Å². The number of fused-ring (bicyclic) bond motifs is 3. The molecular weight excluding hydrogens is 380 g/mol. The van der Waals surface area contributed by atoms with Crippen LogP contribution in [0.25, 0.3) is 21.9 Å². The fraction of sp³-hybridized carbons (Fsp3) is 0.375. The maximum atomic E-state index is 11.5. The van der Waals surface area contributed by atoms with Crippen molar-refractivity contribution in [3.8, 4) is 16.9 Å². The first-order valence-corrected chi connectivity index (χ1v) is 10.6. The first-order chi connectivity index (χ1) is 14.7. The summed E-state index contributed by atoms with van der Waals surface area (Å²) in [6, 6.07) is 15.4. The zero-order valence-electron chi connectivity index (χ0n) is 16.8. The van der Waals surface area contributed by atoms with E-state index in [1.807, 2.05) is 30.3 Å². The molecule has 2 aliphatic rings. The van der Waals surface area contributed by atoms with Crippen molar-refractivity contribution in [2.24, 2.45) is 0 Å². The molecule has 3 heterocycles. The van der Waals surface area contributed by atoms with Gasteiger partial charge in [0.1, 0.15) is 18.5 Å². The lowest BCUT2D eigenvalue weighted by molar-refractivity contribution is -0.0528. The summed E-state index contributed by atoms with van der Waals surface area (Å²) in [5, 5.41) is 12.7. The van der Waals surface area contributed by atoms with Crippen LogP contribution in [0.1, 0.15) is 12.8 Å². The number of H-pyrrole nitrogens is 1. The number of aliphatic hydroxyl groups is 1. The number of benzene rings is 2. The fourth-order valence-electron chi connectivity index (χ4n) is 4.62. The van der Waals surface area contributed by atoms with Crippen LogP contribution >= 0.6 is 0 Å². The highest BCUT2D eigenvalue weighted by Gasteiger charge is 2.34. The monoisotopic (exact) mass is 406 g/mol. The Balaban J connectivity index is 1.35. The van der Waals surface area contributed by atoms with Crippen molar-refractivity contribution in [2.75, 3.05) is 26.2 Å². The van der Waals surface area contributed by atoms with Gasteiger partial charge in [0.2, 0.25) is 5.56 Å². The molecule has 0 amide bonds. The van der Waals surface area contributed by atoms with Crippen molar-refractivity contribution in [2.45, 2.75) is 31.2 Å². The minimum Gasteiger partial charge on any atom is -0.490 e. The van der Waals surface area contributed by atoms with Crippen LogP contribution in [-0.2, 0) is 4.74 Å². The highest BCUT2D eigenvalue weighted by atomic mass is 16.5. The Hall–Kier alpha value is -2.67. The first kappa shape index (κ1) is 19.3. The summed E-state index contributed by atoms with van der Waals surface area (Å²) in [7, 11) is 0. The quantitative estimate of drug-likeness (QED) is 0.659. The Morgan fingerprint density at radius 3 is 2.67 bits per heavy atom. The summed E-state index contributed by atoms with van der Waals surface area (Å²) in [5.74, 6) is 0.696. The van der Waals surface area contributed by atoms with Gasteiger partial charge in [-0.3, -0.25) is 9.69 Å². The van der Waals surface area contributed by atoms with Crippen LogP contribution in [0.2, 0.25) is 0 Å². The molecule has 2 bridgehead atoms. The Morgan fingerprint density at radius 1 is 1.10 bits per heavy atom. The molecular formula is C24H26N2O4. The molecule has 5 rings (SSSR count). The summed E-state index contributed by atoms with van der Waals surface area (Å²) >= 11 is 0. The van der Waals surface area contributed by atoms with Gasteiger partial charge in [-0.15, -0.1) is 0 Å². The number of hydrogen-bond acceptors (Lipinski definition) is 5. The molecule has 2 N–H and O–H groups in total. The molecule has 2 aromatic carbocycles. The average Bonchev–Trinajstić information content (AvgIpc) is 3.10. The van der Waals surface area contributed by atoms with Gasteiger partial charge >= 0.3 is 0 Å². The number of β-amino-alcohol motifs (C(OH)–C–C–N with tert-alkyl or cyclic N) is 1. The Labute approximate surface area is 175 Å². The second kappa shape index (κ2) is 8.22. The van der Waals surface area contributed by atoms with E-state index in [-0.39, 0.29) is 12.2 Å². The molecule has 0 saturated carbocycles. The minimum atomic E-state index is -0.586. The number of pyridine rings is 1. The van der Waals surface area contributed by atoms with Gasteiger partial charge in [-0.05, 0) is 35.7 Å². The topological polar surface area (TPSA) is 74.8 Å². The van der Waals surface area contributed by atoms with Crippen LogP contribution in [0.4, 0.5) is 0 Å². The van der Waals surface area contributed by atoms with Crippen LogP contribution in [0, 0.1) is 0 Å². The summed E-state index contributed by atoms with van der Waals surface area (Å²) in [4.78, 5) is 16.5. The highest BCUT2D eigenvalue weighted by molar-refractivity contribution is 5.99. The van der Waals surface area contributed by atoms with Crippen molar-refractivity contribution in [3.63, 3.8) is 0 Å². The molecule has 6 nitrogen and oxygen atoms in total. The maximum absolute atomic E-state index is 11.5. The fourth-order valence-corrected chi connectivity index (χ4v) is 4.62. The number of likely N-dealkylation sites (tertiary alicyclic amines) is 1. The molecule has 156 valence electrons. The third-order valence-electron chi connectivity index (χ3n) is 5.98. The zero-order chi connectivity index (χ0) is 20.5. The van der Waals surface area contributed by atoms with E-state index in [9.17, 15) is 9.90 Å². The first-order valence-electron chi connectivity index (χ1n) is 10.6. The number of hydrogen-bond donors (Lipinski definition) is 2. The molecule has 6 heteroatoms. The van der Waals surface area contributed by atoms with Gasteiger partial charge < -0.3 is 19.6 Å². The van der Waals surface area contributed by atoms with Gasteiger partial charge in [-0.1, -0.05) is 30.3 Å². The lowest BCUT2D eigenvalue weighted by Gasteiger charge is -2.33. The number of aromatic nitrogens is 1. The van der Waals surface area contributed by atoms with Crippen LogP contribution in [-0.4, -0.2) is 59.5 Å². The van der Waals surface area contributed by atoms with Crippen molar-refractivity contribution >= 4 is 10.8 Å². The average molecular weight is 406 g/mol. The second-order valence-electron chi connectivity index (χ2n) is 8.24. The molecule has 2 saturated heterocycles. The van der Waals surface area contributed by atoms with Gasteiger partial charge in [0.15, 0.2) is 0 Å². The zero-order valence-corrected chi connectivity index (χ0v) is 16.8.